The average molecular weight is 237 g/mol. The van der Waals surface area contributed by atoms with Crippen LogP contribution in [0, 0.1) is 11.8 Å². The highest BCUT2D eigenvalue weighted by Crippen LogP contribution is 2.63. The number of hydrogen-bond acceptors (Lipinski definition) is 4. The van der Waals surface area contributed by atoms with Crippen molar-refractivity contribution in [2.24, 2.45) is 11.8 Å². The number of aromatic carboxylic acids is 1. The summed E-state index contributed by atoms with van der Waals surface area (Å²) in [4.78, 5) is 15.1. The molecule has 92 valence electrons. The van der Waals surface area contributed by atoms with Crippen LogP contribution in [0.2, 0.25) is 0 Å². The predicted molar refractivity (Wildman–Crippen MR) is 58.2 cm³/mol. The summed E-state index contributed by atoms with van der Waals surface area (Å²) in [5, 5.41) is 9.01. The van der Waals surface area contributed by atoms with E-state index in [9.17, 15) is 4.79 Å². The van der Waals surface area contributed by atoms with Gasteiger partial charge in [-0.05, 0) is 31.6 Å². The van der Waals surface area contributed by atoms with Gasteiger partial charge in [0.05, 0.1) is 6.61 Å². The van der Waals surface area contributed by atoms with Crippen LogP contribution >= 0.6 is 0 Å². The molecule has 0 aromatic carbocycles. The molecule has 2 aliphatic carbocycles. The van der Waals surface area contributed by atoms with Gasteiger partial charge >= 0.3 is 11.9 Å². The molecule has 0 bridgehead atoms. The van der Waals surface area contributed by atoms with E-state index >= 15 is 0 Å². The Morgan fingerprint density at radius 2 is 2.24 bits per heavy atom. The van der Waals surface area contributed by atoms with E-state index in [1.807, 2.05) is 0 Å². The average Bonchev–Trinajstić information content (AvgIpc) is 2.70. The van der Waals surface area contributed by atoms with Crippen LogP contribution in [0.15, 0.2) is 4.42 Å². The van der Waals surface area contributed by atoms with Gasteiger partial charge in [-0.25, -0.2) is 9.78 Å². The second kappa shape index (κ2) is 3.75. The van der Waals surface area contributed by atoms with Gasteiger partial charge in [0.15, 0.2) is 0 Å². The fourth-order valence-corrected chi connectivity index (χ4v) is 3.02. The first-order valence-corrected chi connectivity index (χ1v) is 6.09. The Kier molecular flexibility index (Phi) is 2.34. The second-order valence-corrected chi connectivity index (χ2v) is 4.71. The van der Waals surface area contributed by atoms with Crippen molar-refractivity contribution in [3.8, 4) is 5.95 Å². The molecule has 1 unspecified atom stereocenters. The van der Waals surface area contributed by atoms with E-state index in [1.165, 1.54) is 19.3 Å². The molecule has 1 aromatic heterocycles. The molecule has 5 nitrogen and oxygen atoms in total. The quantitative estimate of drug-likeness (QED) is 0.869. The number of ether oxygens (including phenoxy) is 1. The first-order valence-electron chi connectivity index (χ1n) is 6.09. The molecule has 3 rings (SSSR count). The molecule has 1 N–H and O–H groups in total. The monoisotopic (exact) mass is 237 g/mol. The highest BCUT2D eigenvalue weighted by atomic mass is 16.6. The molecule has 1 heterocycles. The molecule has 2 aliphatic rings. The number of rotatable bonds is 4. The maximum Gasteiger partial charge on any atom is 0.362 e. The van der Waals surface area contributed by atoms with E-state index < -0.39 is 5.97 Å². The van der Waals surface area contributed by atoms with E-state index in [-0.39, 0.29) is 11.6 Å². The topological polar surface area (TPSA) is 72.6 Å². The third kappa shape index (κ3) is 1.61. The van der Waals surface area contributed by atoms with Gasteiger partial charge in [-0.3, -0.25) is 0 Å². The molecule has 0 amide bonds. The van der Waals surface area contributed by atoms with Crippen LogP contribution in [0.3, 0.4) is 0 Å². The highest BCUT2D eigenvalue weighted by Gasteiger charge is 2.56. The minimum absolute atomic E-state index is 0.0555. The summed E-state index contributed by atoms with van der Waals surface area (Å²) in [7, 11) is 0. The Morgan fingerprint density at radius 3 is 2.82 bits per heavy atom. The van der Waals surface area contributed by atoms with Gasteiger partial charge in [-0.15, -0.1) is 0 Å². The first-order chi connectivity index (χ1) is 8.22. The summed E-state index contributed by atoms with van der Waals surface area (Å²) < 4.78 is 10.6. The van der Waals surface area contributed by atoms with Crippen LogP contribution < -0.4 is 4.74 Å². The zero-order chi connectivity index (χ0) is 12.0. The standard InChI is InChI=1S/C12H15NO4/c1-2-16-12-9(11(14)15)13-10(17-12)8-6-4-3-5-7(6)8/h6-8H,2-5H2,1H3,(H,14,15)/t6-,7+,8?. The van der Waals surface area contributed by atoms with Gasteiger partial charge in [0, 0.05) is 5.92 Å². The maximum atomic E-state index is 11.0. The van der Waals surface area contributed by atoms with Crippen LogP contribution in [0.1, 0.15) is 48.5 Å². The van der Waals surface area contributed by atoms with Gasteiger partial charge in [0.25, 0.3) is 0 Å². The van der Waals surface area contributed by atoms with Crippen molar-refractivity contribution in [1.82, 2.24) is 4.98 Å². The molecule has 17 heavy (non-hydrogen) atoms. The summed E-state index contributed by atoms with van der Waals surface area (Å²) in [6, 6.07) is 0. The van der Waals surface area contributed by atoms with Crippen LogP contribution in [0.25, 0.3) is 0 Å². The summed E-state index contributed by atoms with van der Waals surface area (Å²) >= 11 is 0. The van der Waals surface area contributed by atoms with Crippen LogP contribution in [0.4, 0.5) is 0 Å². The van der Waals surface area contributed by atoms with Crippen LogP contribution in [-0.4, -0.2) is 22.7 Å². The van der Waals surface area contributed by atoms with Gasteiger partial charge in [-0.1, -0.05) is 6.42 Å². The van der Waals surface area contributed by atoms with E-state index in [1.54, 1.807) is 6.92 Å². The number of carboxylic acid groups (broad SMARTS) is 1. The lowest BCUT2D eigenvalue weighted by Gasteiger charge is -1.98. The lowest BCUT2D eigenvalue weighted by atomic mass is 10.1. The fourth-order valence-electron chi connectivity index (χ4n) is 3.02. The molecular weight excluding hydrogens is 222 g/mol. The van der Waals surface area contributed by atoms with Crippen molar-refractivity contribution in [1.29, 1.82) is 0 Å². The third-order valence-corrected chi connectivity index (χ3v) is 3.78. The minimum atomic E-state index is -1.09. The molecule has 0 radical (unpaired) electrons. The van der Waals surface area contributed by atoms with Crippen molar-refractivity contribution in [3.05, 3.63) is 11.6 Å². The number of carbonyl (C=O) groups is 1. The Morgan fingerprint density at radius 1 is 1.53 bits per heavy atom. The summed E-state index contributed by atoms with van der Waals surface area (Å²) in [5.74, 6) is 1.17. The Bertz CT molecular complexity index is 443. The molecule has 0 aliphatic heterocycles. The fraction of sp³-hybridized carbons (Fsp3) is 0.667. The van der Waals surface area contributed by atoms with Gasteiger partial charge in [-0.2, -0.15) is 0 Å². The first kappa shape index (κ1) is 10.6. The smallest absolute Gasteiger partial charge is 0.362 e. The van der Waals surface area contributed by atoms with Gasteiger partial charge in [0.1, 0.15) is 0 Å². The number of fused-ring (bicyclic) bond motifs is 1. The van der Waals surface area contributed by atoms with E-state index in [4.69, 9.17) is 14.3 Å². The summed E-state index contributed by atoms with van der Waals surface area (Å²) in [5.41, 5.74) is -0.0909. The van der Waals surface area contributed by atoms with Crippen LogP contribution in [-0.2, 0) is 0 Å². The molecule has 2 fully saturated rings. The summed E-state index contributed by atoms with van der Waals surface area (Å²) in [6.07, 6.45) is 3.70. The van der Waals surface area contributed by atoms with E-state index in [2.05, 4.69) is 4.98 Å². The molecule has 1 aromatic rings. The highest BCUT2D eigenvalue weighted by molar-refractivity contribution is 5.87. The lowest BCUT2D eigenvalue weighted by Crippen LogP contribution is -2.01. The molecule has 0 saturated heterocycles. The van der Waals surface area contributed by atoms with Gasteiger partial charge < -0.3 is 14.3 Å². The molecule has 0 spiro atoms. The summed E-state index contributed by atoms with van der Waals surface area (Å²) in [6.45, 7) is 2.17. The number of aromatic nitrogens is 1. The maximum absolute atomic E-state index is 11.0. The molecule has 5 heteroatoms. The molecular formula is C12H15NO4. The van der Waals surface area contributed by atoms with Gasteiger partial charge in [0.2, 0.25) is 11.6 Å². The predicted octanol–water partition coefficient (Wildman–Crippen LogP) is 2.28. The third-order valence-electron chi connectivity index (χ3n) is 3.78. The van der Waals surface area contributed by atoms with E-state index in [0.717, 1.165) is 0 Å². The zero-order valence-corrected chi connectivity index (χ0v) is 9.68. The number of carboxylic acids is 1. The van der Waals surface area contributed by atoms with Crippen molar-refractivity contribution >= 4 is 5.97 Å². The van der Waals surface area contributed by atoms with E-state index in [0.29, 0.717) is 30.3 Å². The lowest BCUT2D eigenvalue weighted by molar-refractivity contribution is 0.0683. The Hall–Kier alpha value is -1.52. The van der Waals surface area contributed by atoms with Crippen molar-refractivity contribution in [2.75, 3.05) is 6.61 Å². The van der Waals surface area contributed by atoms with Crippen molar-refractivity contribution < 1.29 is 19.1 Å². The Balaban J connectivity index is 1.86. The minimum Gasteiger partial charge on any atom is -0.476 e. The molecule has 3 atom stereocenters. The normalized spacial score (nSPS) is 30.1. The number of hydrogen-bond donors (Lipinski definition) is 1. The number of nitrogens with zero attached hydrogens (tertiary/aromatic N) is 1. The zero-order valence-electron chi connectivity index (χ0n) is 9.68. The molecule has 2 saturated carbocycles. The second-order valence-electron chi connectivity index (χ2n) is 4.71. The van der Waals surface area contributed by atoms with Crippen molar-refractivity contribution in [2.45, 2.75) is 32.1 Å². The Labute approximate surface area is 98.8 Å². The van der Waals surface area contributed by atoms with Crippen LogP contribution in [0.5, 0.6) is 5.95 Å². The van der Waals surface area contributed by atoms with Crippen molar-refractivity contribution in [3.63, 3.8) is 0 Å². The SMILES string of the molecule is CCOc1oc(C2[C@H]3CCC[C@@H]23)nc1C(=O)O. The largest absolute Gasteiger partial charge is 0.476 e. The number of oxazole rings is 1.